The zero-order valence-electron chi connectivity index (χ0n) is 13.3. The number of phenols is 1. The number of ether oxygens (including phenoxy) is 1. The van der Waals surface area contributed by atoms with Crippen molar-refractivity contribution in [3.8, 4) is 5.75 Å². The van der Waals surface area contributed by atoms with Crippen molar-refractivity contribution in [2.75, 3.05) is 26.3 Å². The zero-order valence-corrected chi connectivity index (χ0v) is 14.1. The maximum absolute atomic E-state index is 12.7. The number of rotatable bonds is 4. The average molecular weight is 346 g/mol. The van der Waals surface area contributed by atoms with E-state index in [0.717, 1.165) is 11.1 Å². The lowest BCUT2D eigenvalue weighted by atomic mass is 9.87. The van der Waals surface area contributed by atoms with Crippen molar-refractivity contribution in [2.45, 2.75) is 12.3 Å². The van der Waals surface area contributed by atoms with Gasteiger partial charge in [0, 0.05) is 36.0 Å². The monoisotopic (exact) mass is 345 g/mol. The average Bonchev–Trinajstić information content (AvgIpc) is 2.61. The molecular weight excluding hydrogens is 326 g/mol. The highest BCUT2D eigenvalue weighted by molar-refractivity contribution is 6.30. The molecule has 0 bridgehead atoms. The van der Waals surface area contributed by atoms with Crippen LogP contribution in [0.2, 0.25) is 5.02 Å². The summed E-state index contributed by atoms with van der Waals surface area (Å²) >= 11 is 6.13. The molecule has 0 radical (unpaired) electrons. The van der Waals surface area contributed by atoms with Crippen molar-refractivity contribution < 1.29 is 14.6 Å². The van der Waals surface area contributed by atoms with Gasteiger partial charge in [0.2, 0.25) is 5.91 Å². The molecule has 126 valence electrons. The Balaban J connectivity index is 1.90. The van der Waals surface area contributed by atoms with Gasteiger partial charge >= 0.3 is 0 Å². The molecule has 1 fully saturated rings. The number of carbonyl (C=O) groups excluding carboxylic acids is 1. The minimum Gasteiger partial charge on any atom is -0.508 e. The van der Waals surface area contributed by atoms with E-state index in [1.807, 2.05) is 35.2 Å². The van der Waals surface area contributed by atoms with Crippen LogP contribution in [0, 0.1) is 0 Å². The molecule has 0 aromatic heterocycles. The number of aromatic hydroxyl groups is 1. The van der Waals surface area contributed by atoms with Gasteiger partial charge in [-0.3, -0.25) is 4.79 Å². The molecule has 5 heteroatoms. The Bertz CT molecular complexity index is 713. The molecule has 4 nitrogen and oxygen atoms in total. The quantitative estimate of drug-likeness (QED) is 0.923. The third-order valence-corrected chi connectivity index (χ3v) is 4.54. The molecule has 3 rings (SSSR count). The largest absolute Gasteiger partial charge is 0.508 e. The number of hydrogen-bond donors (Lipinski definition) is 1. The van der Waals surface area contributed by atoms with Gasteiger partial charge in [-0.05, 0) is 23.8 Å². The summed E-state index contributed by atoms with van der Waals surface area (Å²) in [4.78, 5) is 14.5. The van der Waals surface area contributed by atoms with Gasteiger partial charge in [0.25, 0.3) is 0 Å². The molecular formula is C19H20ClNO3. The molecule has 1 aliphatic heterocycles. The maximum atomic E-state index is 12.7. The number of halogens is 1. The summed E-state index contributed by atoms with van der Waals surface area (Å²) in [6.07, 6.45) is 0.290. The van der Waals surface area contributed by atoms with E-state index in [1.165, 1.54) is 0 Å². The highest BCUT2D eigenvalue weighted by atomic mass is 35.5. The van der Waals surface area contributed by atoms with E-state index in [-0.39, 0.29) is 24.0 Å². The van der Waals surface area contributed by atoms with Crippen LogP contribution in [0.15, 0.2) is 48.5 Å². The summed E-state index contributed by atoms with van der Waals surface area (Å²) in [5.41, 5.74) is 1.66. The lowest BCUT2D eigenvalue weighted by Gasteiger charge is -2.29. The molecule has 1 unspecified atom stereocenters. The first kappa shape index (κ1) is 16.8. The number of morpholine rings is 1. The van der Waals surface area contributed by atoms with Crippen molar-refractivity contribution in [3.63, 3.8) is 0 Å². The summed E-state index contributed by atoms with van der Waals surface area (Å²) < 4.78 is 5.31. The van der Waals surface area contributed by atoms with Gasteiger partial charge < -0.3 is 14.7 Å². The van der Waals surface area contributed by atoms with Crippen molar-refractivity contribution in [1.82, 2.24) is 4.90 Å². The van der Waals surface area contributed by atoms with E-state index in [2.05, 4.69) is 0 Å². The molecule has 1 N–H and O–H groups in total. The summed E-state index contributed by atoms with van der Waals surface area (Å²) in [5, 5.41) is 10.9. The van der Waals surface area contributed by atoms with E-state index < -0.39 is 0 Å². The molecule has 0 aliphatic carbocycles. The van der Waals surface area contributed by atoms with Crippen LogP contribution in [0.3, 0.4) is 0 Å². The molecule has 2 aromatic carbocycles. The number of para-hydroxylation sites is 1. The van der Waals surface area contributed by atoms with E-state index in [9.17, 15) is 9.90 Å². The number of hydrogen-bond acceptors (Lipinski definition) is 3. The Kier molecular flexibility index (Phi) is 5.38. The SMILES string of the molecule is O=C(CC(c1cccc(Cl)c1)c1ccccc1O)N1CCOCC1. The van der Waals surface area contributed by atoms with E-state index in [0.29, 0.717) is 31.3 Å². The van der Waals surface area contributed by atoms with E-state index >= 15 is 0 Å². The Morgan fingerprint density at radius 2 is 1.92 bits per heavy atom. The van der Waals surface area contributed by atoms with Crippen LogP contribution < -0.4 is 0 Å². The highest BCUT2D eigenvalue weighted by Gasteiger charge is 2.25. The number of benzene rings is 2. The third kappa shape index (κ3) is 3.89. The van der Waals surface area contributed by atoms with Crippen LogP contribution in [0.5, 0.6) is 5.75 Å². The summed E-state index contributed by atoms with van der Waals surface area (Å²) in [5.74, 6) is 0.0176. The number of nitrogens with zero attached hydrogens (tertiary/aromatic N) is 1. The first-order valence-electron chi connectivity index (χ1n) is 8.04. The van der Waals surface area contributed by atoms with Crippen LogP contribution in [-0.2, 0) is 9.53 Å². The molecule has 2 aromatic rings. The molecule has 1 heterocycles. The molecule has 0 saturated carbocycles. The van der Waals surface area contributed by atoms with Crippen LogP contribution in [-0.4, -0.2) is 42.2 Å². The third-order valence-electron chi connectivity index (χ3n) is 4.31. The lowest BCUT2D eigenvalue weighted by molar-refractivity contribution is -0.135. The Morgan fingerprint density at radius 1 is 1.17 bits per heavy atom. The summed E-state index contributed by atoms with van der Waals surface area (Å²) in [7, 11) is 0. The fraction of sp³-hybridized carbons (Fsp3) is 0.316. The number of amides is 1. The normalized spacial score (nSPS) is 16.0. The summed E-state index contributed by atoms with van der Waals surface area (Å²) in [6, 6.07) is 14.6. The second-order valence-corrected chi connectivity index (χ2v) is 6.30. The van der Waals surface area contributed by atoms with Crippen molar-refractivity contribution >= 4 is 17.5 Å². The topological polar surface area (TPSA) is 49.8 Å². The van der Waals surface area contributed by atoms with Crippen LogP contribution >= 0.6 is 11.6 Å². The zero-order chi connectivity index (χ0) is 16.9. The molecule has 1 atom stereocenters. The fourth-order valence-corrected chi connectivity index (χ4v) is 3.23. The molecule has 24 heavy (non-hydrogen) atoms. The minimum absolute atomic E-state index is 0.0616. The van der Waals surface area contributed by atoms with Crippen LogP contribution in [0.1, 0.15) is 23.5 Å². The smallest absolute Gasteiger partial charge is 0.223 e. The second-order valence-electron chi connectivity index (χ2n) is 5.86. The van der Waals surface area contributed by atoms with Crippen LogP contribution in [0.4, 0.5) is 0 Å². The van der Waals surface area contributed by atoms with Gasteiger partial charge in [0.05, 0.1) is 13.2 Å². The lowest BCUT2D eigenvalue weighted by Crippen LogP contribution is -2.41. The Labute approximate surface area is 146 Å². The number of carbonyl (C=O) groups is 1. The Hall–Kier alpha value is -2.04. The van der Waals surface area contributed by atoms with Gasteiger partial charge in [0.1, 0.15) is 5.75 Å². The predicted molar refractivity (Wildman–Crippen MR) is 93.4 cm³/mol. The van der Waals surface area contributed by atoms with Crippen molar-refractivity contribution in [2.24, 2.45) is 0 Å². The molecule has 1 saturated heterocycles. The fourth-order valence-electron chi connectivity index (χ4n) is 3.03. The highest BCUT2D eigenvalue weighted by Crippen LogP contribution is 2.35. The standard InChI is InChI=1S/C19H20ClNO3/c20-15-5-3-4-14(12-15)17(16-6-1-2-7-18(16)22)13-19(23)21-8-10-24-11-9-21/h1-7,12,17,22H,8-11,13H2. The van der Waals surface area contributed by atoms with Crippen molar-refractivity contribution in [1.29, 1.82) is 0 Å². The predicted octanol–water partition coefficient (Wildman–Crippen LogP) is 3.43. The molecule has 0 spiro atoms. The maximum Gasteiger partial charge on any atom is 0.223 e. The van der Waals surface area contributed by atoms with Gasteiger partial charge in [-0.2, -0.15) is 0 Å². The molecule has 1 aliphatic rings. The van der Waals surface area contributed by atoms with Gasteiger partial charge in [-0.15, -0.1) is 0 Å². The number of phenolic OH excluding ortho intramolecular Hbond substituents is 1. The molecule has 1 amide bonds. The second kappa shape index (κ2) is 7.69. The first-order valence-corrected chi connectivity index (χ1v) is 8.42. The van der Waals surface area contributed by atoms with Crippen LogP contribution in [0.25, 0.3) is 0 Å². The van der Waals surface area contributed by atoms with Crippen molar-refractivity contribution in [3.05, 3.63) is 64.7 Å². The first-order chi connectivity index (χ1) is 11.6. The van der Waals surface area contributed by atoms with E-state index in [4.69, 9.17) is 16.3 Å². The Morgan fingerprint density at radius 3 is 2.62 bits per heavy atom. The van der Waals surface area contributed by atoms with Gasteiger partial charge in [0.15, 0.2) is 0 Å². The van der Waals surface area contributed by atoms with Gasteiger partial charge in [-0.1, -0.05) is 41.9 Å². The minimum atomic E-state index is -0.236. The summed E-state index contributed by atoms with van der Waals surface area (Å²) in [6.45, 7) is 2.37. The van der Waals surface area contributed by atoms with Gasteiger partial charge in [-0.25, -0.2) is 0 Å². The van der Waals surface area contributed by atoms with E-state index in [1.54, 1.807) is 18.2 Å².